The third kappa shape index (κ3) is 2.75. The second kappa shape index (κ2) is 6.70. The zero-order valence-corrected chi connectivity index (χ0v) is 16.2. The molecule has 0 atom stereocenters. The minimum absolute atomic E-state index is 0.205. The second-order valence-corrected chi connectivity index (χ2v) is 8.59. The molecule has 0 aliphatic carbocycles. The summed E-state index contributed by atoms with van der Waals surface area (Å²) in [6, 6.07) is 7.96. The molecule has 0 bridgehead atoms. The van der Waals surface area contributed by atoms with Gasteiger partial charge in [0.25, 0.3) is 5.91 Å². The lowest BCUT2D eigenvalue weighted by atomic mass is 10.2. The number of nitrogens with one attached hydrogen (secondary N) is 1. The molecular formula is C19H18N4O2S2. The summed E-state index contributed by atoms with van der Waals surface area (Å²) in [4.78, 5) is 34.0. The Morgan fingerprint density at radius 1 is 1.19 bits per heavy atom. The Labute approximate surface area is 163 Å². The Kier molecular flexibility index (Phi) is 4.18. The molecule has 1 fully saturated rings. The van der Waals surface area contributed by atoms with Crippen molar-refractivity contribution in [3.05, 3.63) is 45.6 Å². The van der Waals surface area contributed by atoms with Crippen molar-refractivity contribution < 1.29 is 4.79 Å². The van der Waals surface area contributed by atoms with E-state index < -0.39 is 0 Å². The van der Waals surface area contributed by atoms with Crippen LogP contribution in [0, 0.1) is 0 Å². The molecule has 1 aliphatic heterocycles. The fourth-order valence-corrected chi connectivity index (χ4v) is 5.80. The van der Waals surface area contributed by atoms with Gasteiger partial charge in [-0.2, -0.15) is 0 Å². The van der Waals surface area contributed by atoms with Gasteiger partial charge in [-0.05, 0) is 38.1 Å². The van der Waals surface area contributed by atoms with E-state index in [1.165, 1.54) is 35.5 Å². The highest BCUT2D eigenvalue weighted by Crippen LogP contribution is 2.32. The molecule has 1 amide bonds. The van der Waals surface area contributed by atoms with Gasteiger partial charge in [0.2, 0.25) is 5.43 Å². The summed E-state index contributed by atoms with van der Waals surface area (Å²) >= 11 is 2.90. The smallest absolute Gasteiger partial charge is 0.258 e. The molecule has 27 heavy (non-hydrogen) atoms. The summed E-state index contributed by atoms with van der Waals surface area (Å²) in [5.74, 6) is -0.307. The van der Waals surface area contributed by atoms with Crippen LogP contribution in [0.25, 0.3) is 25.4 Å². The number of nitrogens with zero attached hydrogens (tertiary/aromatic N) is 3. The standard InChI is InChI=1S/C19H18N4O2S2/c24-16-14(17(25)20-7-10-22-8-3-4-9-22)18-23(19-15(16)21-11-26-19)12-5-1-2-6-13(12)27-18/h1-2,5-6,11H,3-4,7-10H2,(H,20,25). The van der Waals surface area contributed by atoms with Gasteiger partial charge in [0, 0.05) is 13.1 Å². The zero-order valence-electron chi connectivity index (χ0n) is 14.6. The zero-order chi connectivity index (χ0) is 18.4. The molecule has 4 heterocycles. The predicted octanol–water partition coefficient (Wildman–Crippen LogP) is 2.95. The van der Waals surface area contributed by atoms with Crippen LogP contribution in [-0.4, -0.2) is 46.4 Å². The maximum absolute atomic E-state index is 13.0. The lowest BCUT2D eigenvalue weighted by Crippen LogP contribution is -2.35. The van der Waals surface area contributed by atoms with Crippen LogP contribution in [0.5, 0.6) is 0 Å². The van der Waals surface area contributed by atoms with E-state index in [9.17, 15) is 9.59 Å². The third-order valence-corrected chi connectivity index (χ3v) is 7.02. The summed E-state index contributed by atoms with van der Waals surface area (Å²) in [6.45, 7) is 3.54. The quantitative estimate of drug-likeness (QED) is 0.574. The minimum atomic E-state index is -0.307. The van der Waals surface area contributed by atoms with E-state index in [4.69, 9.17) is 0 Å². The Balaban J connectivity index is 1.60. The minimum Gasteiger partial charge on any atom is -0.351 e. The molecule has 3 aromatic heterocycles. The van der Waals surface area contributed by atoms with Crippen molar-refractivity contribution in [3.63, 3.8) is 0 Å². The van der Waals surface area contributed by atoms with E-state index >= 15 is 0 Å². The lowest BCUT2D eigenvalue weighted by Gasteiger charge is -2.14. The number of carbonyl (C=O) groups is 1. The van der Waals surface area contributed by atoms with E-state index in [0.717, 1.165) is 34.7 Å². The first-order chi connectivity index (χ1) is 13.2. The normalized spacial score (nSPS) is 15.3. The van der Waals surface area contributed by atoms with Crippen LogP contribution < -0.4 is 10.7 Å². The predicted molar refractivity (Wildman–Crippen MR) is 110 cm³/mol. The first-order valence-corrected chi connectivity index (χ1v) is 10.7. The number of thiazole rings is 2. The summed E-state index contributed by atoms with van der Waals surface area (Å²) < 4.78 is 3.05. The molecule has 0 unspecified atom stereocenters. The number of aromatic nitrogens is 2. The monoisotopic (exact) mass is 398 g/mol. The average Bonchev–Trinajstić information content (AvgIpc) is 3.40. The number of benzene rings is 1. The summed E-state index contributed by atoms with van der Waals surface area (Å²) in [5, 5.41) is 2.95. The molecule has 0 radical (unpaired) electrons. The highest BCUT2D eigenvalue weighted by molar-refractivity contribution is 7.24. The van der Waals surface area contributed by atoms with Crippen molar-refractivity contribution in [1.29, 1.82) is 0 Å². The number of para-hydroxylation sites is 1. The van der Waals surface area contributed by atoms with Crippen LogP contribution >= 0.6 is 22.7 Å². The topological polar surface area (TPSA) is 66.7 Å². The summed E-state index contributed by atoms with van der Waals surface area (Å²) in [6.07, 6.45) is 2.44. The number of likely N-dealkylation sites (tertiary alicyclic amines) is 1. The summed E-state index contributed by atoms with van der Waals surface area (Å²) in [7, 11) is 0. The van der Waals surface area contributed by atoms with Crippen molar-refractivity contribution in [3.8, 4) is 0 Å². The van der Waals surface area contributed by atoms with Crippen LogP contribution in [0.3, 0.4) is 0 Å². The van der Waals surface area contributed by atoms with Crippen LogP contribution in [-0.2, 0) is 0 Å². The molecule has 4 aromatic rings. The number of hydrogen-bond donors (Lipinski definition) is 1. The number of amides is 1. The average molecular weight is 399 g/mol. The van der Waals surface area contributed by atoms with Gasteiger partial charge in [-0.3, -0.25) is 14.0 Å². The summed E-state index contributed by atoms with van der Waals surface area (Å²) in [5.41, 5.74) is 2.95. The van der Waals surface area contributed by atoms with Gasteiger partial charge in [-0.25, -0.2) is 4.98 Å². The van der Waals surface area contributed by atoms with Gasteiger partial charge < -0.3 is 10.2 Å². The van der Waals surface area contributed by atoms with Gasteiger partial charge in [0.05, 0.1) is 15.7 Å². The van der Waals surface area contributed by atoms with Gasteiger partial charge >= 0.3 is 0 Å². The molecular weight excluding hydrogens is 380 g/mol. The highest BCUT2D eigenvalue weighted by atomic mass is 32.1. The molecule has 0 spiro atoms. The van der Waals surface area contributed by atoms with E-state index in [0.29, 0.717) is 16.9 Å². The van der Waals surface area contributed by atoms with Gasteiger partial charge in [0.1, 0.15) is 20.7 Å². The van der Waals surface area contributed by atoms with Crippen LogP contribution in [0.4, 0.5) is 0 Å². The van der Waals surface area contributed by atoms with Crippen molar-refractivity contribution >= 4 is 54.0 Å². The number of rotatable bonds is 4. The van der Waals surface area contributed by atoms with E-state index in [2.05, 4.69) is 15.2 Å². The SMILES string of the molecule is O=C(NCCN1CCCC1)c1c(=O)c2ncsc2n2c1sc1ccccc12. The Morgan fingerprint density at radius 2 is 2.00 bits per heavy atom. The third-order valence-electron chi connectivity index (χ3n) is 5.06. The number of hydrogen-bond acceptors (Lipinski definition) is 6. The van der Waals surface area contributed by atoms with E-state index in [-0.39, 0.29) is 16.9 Å². The van der Waals surface area contributed by atoms with Crippen molar-refractivity contribution in [2.75, 3.05) is 26.2 Å². The largest absolute Gasteiger partial charge is 0.351 e. The molecule has 1 aliphatic rings. The van der Waals surface area contributed by atoms with Crippen molar-refractivity contribution in [2.24, 2.45) is 0 Å². The Bertz CT molecular complexity index is 1220. The van der Waals surface area contributed by atoms with E-state index in [1.54, 1.807) is 5.51 Å². The number of carbonyl (C=O) groups excluding carboxylic acids is 1. The molecule has 1 saturated heterocycles. The van der Waals surface area contributed by atoms with Gasteiger partial charge in [-0.1, -0.05) is 12.1 Å². The Morgan fingerprint density at radius 3 is 2.85 bits per heavy atom. The first kappa shape index (κ1) is 16.9. The van der Waals surface area contributed by atoms with Crippen LogP contribution in [0.1, 0.15) is 23.2 Å². The van der Waals surface area contributed by atoms with Gasteiger partial charge in [-0.15, -0.1) is 22.7 Å². The fourth-order valence-electron chi connectivity index (χ4n) is 3.74. The molecule has 6 nitrogen and oxygen atoms in total. The number of fused-ring (bicyclic) bond motifs is 5. The van der Waals surface area contributed by atoms with Crippen molar-refractivity contribution in [1.82, 2.24) is 19.6 Å². The Hall–Kier alpha value is -2.29. The van der Waals surface area contributed by atoms with Crippen LogP contribution in [0.2, 0.25) is 0 Å². The fraction of sp³-hybridized carbons (Fsp3) is 0.316. The molecule has 1 aromatic carbocycles. The molecule has 5 rings (SSSR count). The van der Waals surface area contributed by atoms with Crippen LogP contribution in [0.15, 0.2) is 34.6 Å². The highest BCUT2D eigenvalue weighted by Gasteiger charge is 2.23. The second-order valence-electron chi connectivity index (χ2n) is 6.73. The molecule has 1 N–H and O–H groups in total. The molecule has 8 heteroatoms. The number of pyridine rings is 1. The van der Waals surface area contributed by atoms with Crippen molar-refractivity contribution in [2.45, 2.75) is 12.8 Å². The lowest BCUT2D eigenvalue weighted by molar-refractivity contribution is 0.0950. The molecule has 138 valence electrons. The van der Waals surface area contributed by atoms with E-state index in [1.807, 2.05) is 28.7 Å². The molecule has 0 saturated carbocycles. The maximum Gasteiger partial charge on any atom is 0.258 e. The maximum atomic E-state index is 13.0. The van der Waals surface area contributed by atoms with Gasteiger partial charge in [0.15, 0.2) is 0 Å². The first-order valence-electron chi connectivity index (χ1n) is 9.04.